The number of carbonyl (C=O) groups excluding carboxylic acids is 1. The average Bonchev–Trinajstić information content (AvgIpc) is 2.97. The molecular weight excluding hydrogens is 368 g/mol. The first-order valence-electron chi connectivity index (χ1n) is 9.01. The van der Waals surface area contributed by atoms with Crippen LogP contribution in [0, 0.1) is 28.9 Å². The lowest BCUT2D eigenvalue weighted by Crippen LogP contribution is -2.86. The Morgan fingerprint density at radius 1 is 1.44 bits per heavy atom. The fourth-order valence-electron chi connectivity index (χ4n) is 3.35. The van der Waals surface area contributed by atoms with Crippen molar-refractivity contribution in [3.05, 3.63) is 51.4 Å². The van der Waals surface area contributed by atoms with Crippen LogP contribution in [-0.2, 0) is 17.6 Å². The van der Waals surface area contributed by atoms with Crippen LogP contribution in [-0.4, -0.2) is 12.5 Å². The quantitative estimate of drug-likeness (QED) is 0.823. The van der Waals surface area contributed by atoms with Gasteiger partial charge >= 0.3 is 0 Å². The SMILES string of the molecule is C[C@H]1CCc2c(sc(NC(=O)C[NH2+][C@@H](C)c3ccc(F)c(F)c3)c2C#N)C1. The molecule has 1 heterocycles. The number of nitrogens with two attached hydrogens (primary N) is 1. The van der Waals surface area contributed by atoms with Crippen molar-refractivity contribution in [2.75, 3.05) is 11.9 Å². The molecule has 0 radical (unpaired) electrons. The van der Waals surface area contributed by atoms with Crippen molar-refractivity contribution in [2.45, 2.75) is 39.2 Å². The van der Waals surface area contributed by atoms with Crippen LogP contribution >= 0.6 is 11.3 Å². The summed E-state index contributed by atoms with van der Waals surface area (Å²) in [6.45, 7) is 4.15. The number of nitriles is 1. The molecular formula is C20H22F2N3OS+. The molecule has 0 fully saturated rings. The summed E-state index contributed by atoms with van der Waals surface area (Å²) in [4.78, 5) is 13.5. The first kappa shape index (κ1) is 19.5. The standard InChI is InChI=1S/C20H21F2N3OS/c1-11-3-5-14-15(9-23)20(27-18(14)7-11)25-19(26)10-24-12(2)13-4-6-16(21)17(22)8-13/h4,6,8,11-12,24H,3,5,7,10H2,1-2H3,(H,25,26)/p+1/t11-,12-/m0/s1. The van der Waals surface area contributed by atoms with E-state index in [-0.39, 0.29) is 18.5 Å². The minimum Gasteiger partial charge on any atom is -0.333 e. The highest BCUT2D eigenvalue weighted by molar-refractivity contribution is 7.16. The summed E-state index contributed by atoms with van der Waals surface area (Å²) in [6.07, 6.45) is 2.89. The molecule has 1 aromatic carbocycles. The maximum absolute atomic E-state index is 13.4. The van der Waals surface area contributed by atoms with Crippen molar-refractivity contribution in [3.8, 4) is 6.07 Å². The van der Waals surface area contributed by atoms with Gasteiger partial charge < -0.3 is 10.6 Å². The van der Waals surface area contributed by atoms with Gasteiger partial charge in [0, 0.05) is 10.4 Å². The Kier molecular flexibility index (Phi) is 5.88. The van der Waals surface area contributed by atoms with Crippen LogP contribution in [0.3, 0.4) is 0 Å². The van der Waals surface area contributed by atoms with E-state index in [2.05, 4.69) is 18.3 Å². The molecule has 1 aromatic heterocycles. The number of benzene rings is 1. The van der Waals surface area contributed by atoms with Crippen LogP contribution in [0.25, 0.3) is 0 Å². The number of quaternary nitrogens is 1. The van der Waals surface area contributed by atoms with E-state index in [1.165, 1.54) is 22.3 Å². The van der Waals surface area contributed by atoms with Gasteiger partial charge in [-0.25, -0.2) is 8.78 Å². The van der Waals surface area contributed by atoms with E-state index >= 15 is 0 Å². The molecule has 27 heavy (non-hydrogen) atoms. The molecule has 0 saturated heterocycles. The number of hydrogen-bond donors (Lipinski definition) is 2. The fourth-order valence-corrected chi connectivity index (χ4v) is 4.73. The molecule has 0 saturated carbocycles. The smallest absolute Gasteiger partial charge is 0.280 e. The first-order valence-corrected chi connectivity index (χ1v) is 9.83. The summed E-state index contributed by atoms with van der Waals surface area (Å²) < 4.78 is 26.4. The highest BCUT2D eigenvalue weighted by atomic mass is 32.1. The van der Waals surface area contributed by atoms with Crippen LogP contribution in [0.4, 0.5) is 13.8 Å². The van der Waals surface area contributed by atoms with Crippen molar-refractivity contribution in [1.82, 2.24) is 0 Å². The van der Waals surface area contributed by atoms with Gasteiger partial charge in [-0.3, -0.25) is 4.79 Å². The molecule has 2 aromatic rings. The second kappa shape index (κ2) is 8.15. The predicted octanol–water partition coefficient (Wildman–Crippen LogP) is 3.29. The normalized spacial score (nSPS) is 17.1. The maximum Gasteiger partial charge on any atom is 0.280 e. The van der Waals surface area contributed by atoms with Gasteiger partial charge in [0.05, 0.1) is 5.56 Å². The van der Waals surface area contributed by atoms with Crippen LogP contribution < -0.4 is 10.6 Å². The van der Waals surface area contributed by atoms with E-state index in [4.69, 9.17) is 0 Å². The van der Waals surface area contributed by atoms with Crippen molar-refractivity contribution in [1.29, 1.82) is 5.26 Å². The molecule has 0 unspecified atom stereocenters. The number of carbonyl (C=O) groups is 1. The second-order valence-corrected chi connectivity index (χ2v) is 8.22. The number of rotatable bonds is 5. The Bertz CT molecular complexity index is 903. The van der Waals surface area contributed by atoms with Crippen LogP contribution in [0.5, 0.6) is 0 Å². The number of fused-ring (bicyclic) bond motifs is 1. The first-order chi connectivity index (χ1) is 12.9. The summed E-state index contributed by atoms with van der Waals surface area (Å²) in [5.74, 6) is -1.40. The van der Waals surface area contributed by atoms with E-state index in [1.54, 1.807) is 5.32 Å². The monoisotopic (exact) mass is 390 g/mol. The van der Waals surface area contributed by atoms with Gasteiger partial charge in [-0.15, -0.1) is 11.3 Å². The molecule has 7 heteroatoms. The molecule has 1 amide bonds. The summed E-state index contributed by atoms with van der Waals surface area (Å²) in [5.41, 5.74) is 2.28. The zero-order chi connectivity index (χ0) is 19.6. The van der Waals surface area contributed by atoms with E-state index in [0.717, 1.165) is 37.0 Å². The van der Waals surface area contributed by atoms with Crippen molar-refractivity contribution < 1.29 is 18.9 Å². The molecule has 142 valence electrons. The topological polar surface area (TPSA) is 69.5 Å². The van der Waals surface area contributed by atoms with Crippen molar-refractivity contribution in [3.63, 3.8) is 0 Å². The summed E-state index contributed by atoms with van der Waals surface area (Å²) >= 11 is 1.49. The third-order valence-corrected chi connectivity index (χ3v) is 6.17. The Hall–Kier alpha value is -2.30. The minimum absolute atomic E-state index is 0.129. The number of amides is 1. The van der Waals surface area contributed by atoms with E-state index in [9.17, 15) is 18.8 Å². The third kappa shape index (κ3) is 4.34. The lowest BCUT2D eigenvalue weighted by molar-refractivity contribution is -0.682. The van der Waals surface area contributed by atoms with E-state index < -0.39 is 11.6 Å². The van der Waals surface area contributed by atoms with Crippen LogP contribution in [0.1, 0.15) is 47.9 Å². The number of nitrogens with one attached hydrogen (secondary N) is 1. The zero-order valence-corrected chi connectivity index (χ0v) is 16.1. The Morgan fingerprint density at radius 3 is 2.93 bits per heavy atom. The van der Waals surface area contributed by atoms with Gasteiger partial charge in [0.1, 0.15) is 17.1 Å². The molecule has 2 atom stereocenters. The molecule has 0 bridgehead atoms. The van der Waals surface area contributed by atoms with Gasteiger partial charge in [-0.05, 0) is 55.9 Å². The largest absolute Gasteiger partial charge is 0.333 e. The highest BCUT2D eigenvalue weighted by Crippen LogP contribution is 2.39. The van der Waals surface area contributed by atoms with Crippen molar-refractivity contribution in [2.24, 2.45) is 5.92 Å². The molecule has 1 aliphatic carbocycles. The molecule has 3 rings (SSSR count). The van der Waals surface area contributed by atoms with E-state index in [1.807, 2.05) is 6.92 Å². The minimum atomic E-state index is -0.894. The highest BCUT2D eigenvalue weighted by Gasteiger charge is 2.25. The molecule has 1 aliphatic rings. The predicted molar refractivity (Wildman–Crippen MR) is 100 cm³/mol. The molecule has 4 nitrogen and oxygen atoms in total. The van der Waals surface area contributed by atoms with E-state index in [0.29, 0.717) is 22.0 Å². The maximum atomic E-state index is 13.4. The Balaban J connectivity index is 1.63. The Morgan fingerprint density at radius 2 is 2.22 bits per heavy atom. The molecule has 0 spiro atoms. The summed E-state index contributed by atoms with van der Waals surface area (Å²) in [5, 5.41) is 14.7. The number of anilines is 1. The van der Waals surface area contributed by atoms with Crippen LogP contribution in [0.2, 0.25) is 0 Å². The fraction of sp³-hybridized carbons (Fsp3) is 0.400. The van der Waals surface area contributed by atoms with Gasteiger partial charge in [0.15, 0.2) is 18.2 Å². The number of hydrogen-bond acceptors (Lipinski definition) is 3. The zero-order valence-electron chi connectivity index (χ0n) is 15.3. The number of nitrogens with zero attached hydrogens (tertiary/aromatic N) is 1. The summed E-state index contributed by atoms with van der Waals surface area (Å²) in [6, 6.07) is 5.79. The van der Waals surface area contributed by atoms with Gasteiger partial charge in [0.2, 0.25) is 0 Å². The number of halogens is 2. The third-order valence-electron chi connectivity index (χ3n) is 5.00. The summed E-state index contributed by atoms with van der Waals surface area (Å²) in [7, 11) is 0. The van der Waals surface area contributed by atoms with Crippen LogP contribution in [0.15, 0.2) is 18.2 Å². The van der Waals surface area contributed by atoms with Crippen molar-refractivity contribution >= 4 is 22.2 Å². The lowest BCUT2D eigenvalue weighted by Gasteiger charge is -2.17. The van der Waals surface area contributed by atoms with Gasteiger partial charge in [-0.2, -0.15) is 5.26 Å². The second-order valence-electron chi connectivity index (χ2n) is 7.12. The average molecular weight is 390 g/mol. The molecule has 0 aliphatic heterocycles. The lowest BCUT2D eigenvalue weighted by atomic mass is 9.89. The number of thiophene rings is 1. The van der Waals surface area contributed by atoms with Gasteiger partial charge in [-0.1, -0.05) is 6.92 Å². The van der Waals surface area contributed by atoms with Gasteiger partial charge in [0.25, 0.3) is 5.91 Å². The Labute approximate surface area is 161 Å². The molecule has 3 N–H and O–H groups in total.